The van der Waals surface area contributed by atoms with Crippen LogP contribution in [-0.2, 0) is 11.8 Å². The number of hydrogen-bond donors (Lipinski definition) is 1. The van der Waals surface area contributed by atoms with Gasteiger partial charge in [0.15, 0.2) is 0 Å². The maximum absolute atomic E-state index is 13.1. The van der Waals surface area contributed by atoms with E-state index in [4.69, 9.17) is 0 Å². The zero-order valence-electron chi connectivity index (χ0n) is 16.5. The van der Waals surface area contributed by atoms with E-state index in [2.05, 4.69) is 58.4 Å². The molecule has 0 aliphatic carbocycles. The van der Waals surface area contributed by atoms with E-state index >= 15 is 0 Å². The van der Waals surface area contributed by atoms with Crippen molar-refractivity contribution in [2.75, 3.05) is 11.9 Å². The summed E-state index contributed by atoms with van der Waals surface area (Å²) >= 11 is 0. The number of amides is 1. The van der Waals surface area contributed by atoms with Crippen molar-refractivity contribution in [2.24, 2.45) is 7.05 Å². The molecule has 1 aliphatic heterocycles. The van der Waals surface area contributed by atoms with E-state index in [1.54, 1.807) is 0 Å². The predicted molar refractivity (Wildman–Crippen MR) is 114 cm³/mol. The number of carbonyl (C=O) groups is 1. The van der Waals surface area contributed by atoms with Gasteiger partial charge in [0.1, 0.15) is 0 Å². The molecule has 0 saturated carbocycles. The summed E-state index contributed by atoms with van der Waals surface area (Å²) in [6, 6.07) is 22.5. The maximum Gasteiger partial charge on any atom is 0.241 e. The number of hydrogen-bond acceptors (Lipinski definition) is 2. The zero-order valence-corrected chi connectivity index (χ0v) is 16.5. The van der Waals surface area contributed by atoms with Crippen LogP contribution >= 0.6 is 0 Å². The van der Waals surface area contributed by atoms with Gasteiger partial charge >= 0.3 is 0 Å². The van der Waals surface area contributed by atoms with Crippen molar-refractivity contribution in [3.05, 3.63) is 78.6 Å². The summed E-state index contributed by atoms with van der Waals surface area (Å²) in [7, 11) is 2.08. The highest BCUT2D eigenvalue weighted by Gasteiger charge is 2.34. The smallest absolute Gasteiger partial charge is 0.241 e. The number of rotatable bonds is 5. The number of nitrogens with one attached hydrogen (secondary N) is 1. The molecule has 2 heterocycles. The number of nitrogens with zero attached hydrogens (tertiary/aromatic N) is 2. The molecular weight excluding hydrogens is 346 g/mol. The van der Waals surface area contributed by atoms with E-state index in [1.807, 2.05) is 43.3 Å². The highest BCUT2D eigenvalue weighted by molar-refractivity contribution is 5.98. The van der Waals surface area contributed by atoms with Gasteiger partial charge in [0, 0.05) is 30.2 Å². The monoisotopic (exact) mass is 373 g/mol. The molecule has 1 aromatic heterocycles. The molecule has 1 N–H and O–H groups in total. The van der Waals surface area contributed by atoms with Crippen LogP contribution in [0.1, 0.15) is 31.5 Å². The number of benzene rings is 2. The lowest BCUT2D eigenvalue weighted by atomic mass is 10.0. The standard InChI is InChI=1S/C24H27N3O/c1-18(27-17-9-15-23(27)22-14-8-16-26(22)2)24(28)25-21-13-7-6-12-20(21)19-10-4-3-5-11-19/h3-8,10-14,16,18,23H,9,15,17H2,1-2H3,(H,25,28)/t18-,23-/m1/s1. The van der Waals surface area contributed by atoms with Gasteiger partial charge in [0.25, 0.3) is 0 Å². The number of likely N-dealkylation sites (tertiary alicyclic amines) is 1. The van der Waals surface area contributed by atoms with Crippen LogP contribution in [0.5, 0.6) is 0 Å². The third kappa shape index (κ3) is 3.60. The minimum atomic E-state index is -0.189. The molecule has 4 nitrogen and oxygen atoms in total. The summed E-state index contributed by atoms with van der Waals surface area (Å²) in [6.45, 7) is 2.96. The summed E-state index contributed by atoms with van der Waals surface area (Å²) in [5, 5.41) is 3.18. The number of aryl methyl sites for hydroxylation is 1. The normalized spacial score (nSPS) is 18.1. The third-order valence-electron chi connectivity index (χ3n) is 5.77. The Hall–Kier alpha value is -2.85. The van der Waals surface area contributed by atoms with Gasteiger partial charge in [0.05, 0.1) is 12.1 Å². The van der Waals surface area contributed by atoms with Crippen LogP contribution in [0, 0.1) is 0 Å². The maximum atomic E-state index is 13.1. The van der Waals surface area contributed by atoms with Gasteiger partial charge in [-0.05, 0) is 50.1 Å². The van der Waals surface area contributed by atoms with Crippen molar-refractivity contribution < 1.29 is 4.79 Å². The van der Waals surface area contributed by atoms with Gasteiger partial charge in [-0.25, -0.2) is 0 Å². The minimum Gasteiger partial charge on any atom is -0.353 e. The van der Waals surface area contributed by atoms with Gasteiger partial charge < -0.3 is 9.88 Å². The van der Waals surface area contributed by atoms with Crippen molar-refractivity contribution in [3.8, 4) is 11.1 Å². The second-order valence-corrected chi connectivity index (χ2v) is 7.52. The Labute approximate surface area is 166 Å². The van der Waals surface area contributed by atoms with Crippen LogP contribution in [0.3, 0.4) is 0 Å². The molecule has 0 bridgehead atoms. The molecule has 28 heavy (non-hydrogen) atoms. The van der Waals surface area contributed by atoms with E-state index in [1.165, 1.54) is 5.69 Å². The van der Waals surface area contributed by atoms with E-state index < -0.39 is 0 Å². The molecule has 0 spiro atoms. The minimum absolute atomic E-state index is 0.0458. The largest absolute Gasteiger partial charge is 0.353 e. The Morgan fingerprint density at radius 2 is 1.79 bits per heavy atom. The van der Waals surface area contributed by atoms with Crippen LogP contribution in [0.2, 0.25) is 0 Å². The molecule has 2 atom stereocenters. The van der Waals surface area contributed by atoms with E-state index in [0.29, 0.717) is 6.04 Å². The molecule has 0 unspecified atom stereocenters. The highest BCUT2D eigenvalue weighted by atomic mass is 16.2. The Bertz CT molecular complexity index is 947. The number of aromatic nitrogens is 1. The van der Waals surface area contributed by atoms with Crippen molar-refractivity contribution in [3.63, 3.8) is 0 Å². The molecule has 2 aromatic carbocycles. The van der Waals surface area contributed by atoms with Crippen molar-refractivity contribution >= 4 is 11.6 Å². The zero-order chi connectivity index (χ0) is 19.5. The first-order valence-electron chi connectivity index (χ1n) is 9.97. The molecular formula is C24H27N3O. The first-order valence-corrected chi connectivity index (χ1v) is 9.97. The van der Waals surface area contributed by atoms with Crippen LogP contribution in [0.25, 0.3) is 11.1 Å². The molecule has 3 aromatic rings. The molecule has 0 radical (unpaired) electrons. The first kappa shape index (κ1) is 18.5. The molecule has 1 saturated heterocycles. The van der Waals surface area contributed by atoms with Crippen LogP contribution < -0.4 is 5.32 Å². The summed E-state index contributed by atoms with van der Waals surface area (Å²) < 4.78 is 2.16. The molecule has 1 amide bonds. The van der Waals surface area contributed by atoms with E-state index in [9.17, 15) is 4.79 Å². The third-order valence-corrected chi connectivity index (χ3v) is 5.77. The Morgan fingerprint density at radius 3 is 2.54 bits per heavy atom. The highest BCUT2D eigenvalue weighted by Crippen LogP contribution is 2.34. The van der Waals surface area contributed by atoms with Crippen LogP contribution in [0.4, 0.5) is 5.69 Å². The van der Waals surface area contributed by atoms with Crippen LogP contribution in [0.15, 0.2) is 72.9 Å². The van der Waals surface area contributed by atoms with Crippen molar-refractivity contribution in [1.29, 1.82) is 0 Å². The summed E-state index contributed by atoms with van der Waals surface area (Å²) in [5.74, 6) is 0.0458. The second-order valence-electron chi connectivity index (χ2n) is 7.52. The van der Waals surface area contributed by atoms with Gasteiger partial charge in [-0.2, -0.15) is 0 Å². The lowest BCUT2D eigenvalue weighted by Crippen LogP contribution is -2.42. The van der Waals surface area contributed by atoms with E-state index in [0.717, 1.165) is 36.2 Å². The summed E-state index contributed by atoms with van der Waals surface area (Å²) in [6.07, 6.45) is 4.29. The average Bonchev–Trinajstić information content (AvgIpc) is 3.37. The summed E-state index contributed by atoms with van der Waals surface area (Å²) in [4.78, 5) is 15.5. The SMILES string of the molecule is C[C@H](C(=O)Nc1ccccc1-c1ccccc1)N1CCC[C@@H]1c1cccn1C. The molecule has 1 fully saturated rings. The van der Waals surface area contributed by atoms with Gasteiger partial charge in [0.2, 0.25) is 5.91 Å². The lowest BCUT2D eigenvalue weighted by molar-refractivity contribution is -0.121. The number of carbonyl (C=O) groups excluding carboxylic acids is 1. The quantitative estimate of drug-likeness (QED) is 0.694. The fraction of sp³-hybridized carbons (Fsp3) is 0.292. The van der Waals surface area contributed by atoms with Crippen LogP contribution in [-0.4, -0.2) is 28.0 Å². The van der Waals surface area contributed by atoms with E-state index in [-0.39, 0.29) is 11.9 Å². The fourth-order valence-electron chi connectivity index (χ4n) is 4.24. The Kier molecular flexibility index (Phi) is 5.31. The molecule has 1 aliphatic rings. The molecule has 144 valence electrons. The number of anilines is 1. The Balaban J connectivity index is 1.54. The predicted octanol–water partition coefficient (Wildman–Crippen LogP) is 4.86. The molecule has 4 rings (SSSR count). The fourth-order valence-corrected chi connectivity index (χ4v) is 4.24. The van der Waals surface area contributed by atoms with Crippen molar-refractivity contribution in [1.82, 2.24) is 9.47 Å². The van der Waals surface area contributed by atoms with Gasteiger partial charge in [-0.15, -0.1) is 0 Å². The summed E-state index contributed by atoms with van der Waals surface area (Å²) in [5.41, 5.74) is 4.29. The number of para-hydroxylation sites is 1. The van der Waals surface area contributed by atoms with Gasteiger partial charge in [-0.1, -0.05) is 48.5 Å². The molecule has 4 heteroatoms. The average molecular weight is 374 g/mol. The first-order chi connectivity index (χ1) is 13.6. The van der Waals surface area contributed by atoms with Crippen molar-refractivity contribution in [2.45, 2.75) is 31.8 Å². The Morgan fingerprint density at radius 1 is 1.04 bits per heavy atom. The lowest BCUT2D eigenvalue weighted by Gasteiger charge is -2.30. The topological polar surface area (TPSA) is 37.3 Å². The second kappa shape index (κ2) is 8.03. The van der Waals surface area contributed by atoms with Gasteiger partial charge in [-0.3, -0.25) is 9.69 Å².